The third-order valence-corrected chi connectivity index (χ3v) is 11.1. The van der Waals surface area contributed by atoms with E-state index in [-0.39, 0.29) is 22.8 Å². The highest BCUT2D eigenvalue weighted by Gasteiger charge is 2.43. The van der Waals surface area contributed by atoms with Gasteiger partial charge < -0.3 is 9.47 Å². The Morgan fingerprint density at radius 3 is 1.17 bits per heavy atom. The lowest BCUT2D eigenvalue weighted by molar-refractivity contribution is -0.190. The standard InChI is InChI=1S/C30H23F7O.C23H17F7O/c1-4-5-18-6-8-19(9-7-18)20-10-11-22(24(32)12-20)21-13-25(33)28(26(34)14-21)30(36,37)38-27-15-23(31)16(2)29(35)17(27)3;1-3-4-13-5-7-14(8-6-13)15-9-16(24)20(17(25)10-15)23(29,30)31-19-11-18(26)22(28)21(27)12(19)2/h6-15H,4-5H2,1-3H3;5-11H,3-4H2,1-2H3. The van der Waals surface area contributed by atoms with E-state index in [1.54, 1.807) is 30.3 Å². The second-order valence-electron chi connectivity index (χ2n) is 16.0. The highest BCUT2D eigenvalue weighted by molar-refractivity contribution is 5.72. The Hall–Kier alpha value is -6.84. The van der Waals surface area contributed by atoms with Crippen LogP contribution in [0.15, 0.2) is 103 Å². The second kappa shape index (κ2) is 20.8. The normalized spacial score (nSPS) is 11.6. The predicted molar refractivity (Wildman–Crippen MR) is 233 cm³/mol. The molecule has 7 rings (SSSR count). The summed E-state index contributed by atoms with van der Waals surface area (Å²) in [6.07, 6.45) is -5.64. The van der Waals surface area contributed by atoms with Crippen molar-refractivity contribution < 1.29 is 70.9 Å². The van der Waals surface area contributed by atoms with E-state index in [4.69, 9.17) is 0 Å². The summed E-state index contributed by atoms with van der Waals surface area (Å²) in [7, 11) is 0. The van der Waals surface area contributed by atoms with Crippen LogP contribution in [0.2, 0.25) is 0 Å². The molecule has 0 aliphatic rings. The molecule has 0 unspecified atom stereocenters. The van der Waals surface area contributed by atoms with Gasteiger partial charge in [-0.2, -0.15) is 17.6 Å². The zero-order valence-corrected chi connectivity index (χ0v) is 37.3. The van der Waals surface area contributed by atoms with Crippen molar-refractivity contribution in [1.29, 1.82) is 0 Å². The molecule has 0 saturated carbocycles. The van der Waals surface area contributed by atoms with E-state index in [0.717, 1.165) is 63.1 Å². The lowest BCUT2D eigenvalue weighted by Gasteiger charge is -2.21. The van der Waals surface area contributed by atoms with Crippen LogP contribution in [0.5, 0.6) is 11.5 Å². The maximum atomic E-state index is 15.0. The molecular weight excluding hydrogens is 935 g/mol. The number of rotatable bonds is 13. The number of halogens is 14. The van der Waals surface area contributed by atoms with Gasteiger partial charge in [-0.25, -0.2) is 43.9 Å². The molecule has 0 atom stereocenters. The summed E-state index contributed by atoms with van der Waals surface area (Å²) < 4.78 is 209. The minimum atomic E-state index is -4.63. The third-order valence-electron chi connectivity index (χ3n) is 11.1. The summed E-state index contributed by atoms with van der Waals surface area (Å²) in [6.45, 7) is 7.08. The van der Waals surface area contributed by atoms with Crippen LogP contribution in [-0.4, -0.2) is 0 Å². The van der Waals surface area contributed by atoms with Crippen molar-refractivity contribution in [2.45, 2.75) is 72.5 Å². The van der Waals surface area contributed by atoms with Crippen molar-refractivity contribution in [2.24, 2.45) is 0 Å². The van der Waals surface area contributed by atoms with Crippen LogP contribution in [0.1, 0.15) is 65.6 Å². The fourth-order valence-corrected chi connectivity index (χ4v) is 7.34. The molecule has 0 heterocycles. The van der Waals surface area contributed by atoms with Gasteiger partial charge in [-0.3, -0.25) is 0 Å². The molecule has 0 bridgehead atoms. The van der Waals surface area contributed by atoms with Gasteiger partial charge in [0, 0.05) is 34.4 Å². The van der Waals surface area contributed by atoms with Crippen molar-refractivity contribution >= 4 is 0 Å². The molecule has 69 heavy (non-hydrogen) atoms. The van der Waals surface area contributed by atoms with Crippen LogP contribution in [-0.2, 0) is 25.1 Å². The van der Waals surface area contributed by atoms with Crippen LogP contribution < -0.4 is 9.47 Å². The molecule has 0 aromatic heterocycles. The first kappa shape index (κ1) is 51.5. The average molecular weight is 975 g/mol. The summed E-state index contributed by atoms with van der Waals surface area (Å²) in [5, 5.41) is 0. The molecule has 0 aliphatic carbocycles. The van der Waals surface area contributed by atoms with E-state index in [9.17, 15) is 61.5 Å². The van der Waals surface area contributed by atoms with Gasteiger partial charge in [0.1, 0.15) is 63.3 Å². The largest absolute Gasteiger partial charge is 0.432 e. The molecule has 0 aliphatic heterocycles. The Balaban J connectivity index is 0.000000232. The maximum Gasteiger partial charge on any atom is 0.432 e. The van der Waals surface area contributed by atoms with E-state index in [1.165, 1.54) is 12.1 Å². The quantitative estimate of drug-likeness (QED) is 0.0847. The van der Waals surface area contributed by atoms with Crippen molar-refractivity contribution in [3.8, 4) is 44.9 Å². The highest BCUT2D eigenvalue weighted by atomic mass is 19.3. The van der Waals surface area contributed by atoms with Crippen LogP contribution in [0.4, 0.5) is 61.5 Å². The fourth-order valence-electron chi connectivity index (χ4n) is 7.34. The number of aryl methyl sites for hydroxylation is 2. The molecule has 7 aromatic carbocycles. The molecule has 0 N–H and O–H groups in total. The van der Waals surface area contributed by atoms with Gasteiger partial charge in [0.25, 0.3) is 0 Å². The topological polar surface area (TPSA) is 18.5 Å². The smallest absolute Gasteiger partial charge is 0.428 e. The summed E-state index contributed by atoms with van der Waals surface area (Å²) >= 11 is 0. The molecule has 0 spiro atoms. The van der Waals surface area contributed by atoms with Gasteiger partial charge in [0.2, 0.25) is 0 Å². The minimum absolute atomic E-state index is 0.0210. The third kappa shape index (κ3) is 11.2. The zero-order chi connectivity index (χ0) is 50.7. The fraction of sp³-hybridized carbons (Fsp3) is 0.208. The molecule has 16 heteroatoms. The molecular formula is C53H40F14O2. The van der Waals surface area contributed by atoms with Crippen LogP contribution in [0.25, 0.3) is 33.4 Å². The molecule has 0 saturated heterocycles. The number of alkyl halides is 4. The number of benzene rings is 7. The van der Waals surface area contributed by atoms with Crippen molar-refractivity contribution in [2.75, 3.05) is 0 Å². The van der Waals surface area contributed by atoms with E-state index < -0.39 is 110 Å². The molecule has 0 fully saturated rings. The van der Waals surface area contributed by atoms with Gasteiger partial charge >= 0.3 is 12.2 Å². The Morgan fingerprint density at radius 2 is 0.739 bits per heavy atom. The van der Waals surface area contributed by atoms with Gasteiger partial charge in [-0.05, 0) is 103 Å². The first-order chi connectivity index (χ1) is 32.5. The molecule has 7 aromatic rings. The Bertz CT molecular complexity index is 2960. The summed E-state index contributed by atoms with van der Waals surface area (Å²) in [5.41, 5.74) is -1.83. The average Bonchev–Trinajstić information content (AvgIpc) is 3.28. The monoisotopic (exact) mass is 974 g/mol. The lowest BCUT2D eigenvalue weighted by Crippen LogP contribution is -2.26. The Kier molecular flexibility index (Phi) is 15.5. The first-order valence-electron chi connectivity index (χ1n) is 21.2. The number of ether oxygens (including phenoxy) is 2. The van der Waals surface area contributed by atoms with Crippen molar-refractivity contribution in [1.82, 2.24) is 0 Å². The first-order valence-corrected chi connectivity index (χ1v) is 21.2. The predicted octanol–water partition coefficient (Wildman–Crippen LogP) is 16.9. The van der Waals surface area contributed by atoms with Gasteiger partial charge in [-0.1, -0.05) is 87.4 Å². The molecule has 2 nitrogen and oxygen atoms in total. The second-order valence-corrected chi connectivity index (χ2v) is 16.0. The van der Waals surface area contributed by atoms with Crippen molar-refractivity contribution in [3.63, 3.8) is 0 Å². The number of hydrogen-bond acceptors (Lipinski definition) is 2. The highest BCUT2D eigenvalue weighted by Crippen LogP contribution is 2.41. The Labute approximate surface area is 387 Å². The van der Waals surface area contributed by atoms with Crippen LogP contribution in [0.3, 0.4) is 0 Å². The van der Waals surface area contributed by atoms with Gasteiger partial charge in [0.05, 0.1) is 0 Å². The Morgan fingerprint density at radius 1 is 0.362 bits per heavy atom. The van der Waals surface area contributed by atoms with Crippen LogP contribution in [0, 0.1) is 78.9 Å². The van der Waals surface area contributed by atoms with Crippen LogP contribution >= 0.6 is 0 Å². The van der Waals surface area contributed by atoms with Gasteiger partial charge in [0.15, 0.2) is 17.5 Å². The molecule has 0 amide bonds. The minimum Gasteiger partial charge on any atom is -0.428 e. The summed E-state index contributed by atoms with van der Waals surface area (Å²) in [5.74, 6) is -17.2. The van der Waals surface area contributed by atoms with E-state index >= 15 is 0 Å². The maximum absolute atomic E-state index is 15.0. The summed E-state index contributed by atoms with van der Waals surface area (Å²) in [4.78, 5) is 0. The van der Waals surface area contributed by atoms with E-state index in [2.05, 4.69) is 16.4 Å². The lowest BCUT2D eigenvalue weighted by atomic mass is 9.97. The van der Waals surface area contributed by atoms with E-state index in [0.29, 0.717) is 41.5 Å². The molecule has 0 radical (unpaired) electrons. The summed E-state index contributed by atoms with van der Waals surface area (Å²) in [6, 6.07) is 21.5. The SMILES string of the molecule is CCCc1ccc(-c2cc(F)c(C(F)(F)Oc3cc(F)c(F)c(F)c3C)c(F)c2)cc1.CCCc1ccc(-c2ccc(-c3cc(F)c(C(F)(F)Oc4cc(F)c(C)c(F)c4C)c(F)c3)c(F)c2)cc1. The molecule has 362 valence electrons. The number of hydrogen-bond donors (Lipinski definition) is 0. The van der Waals surface area contributed by atoms with E-state index in [1.807, 2.05) is 31.2 Å². The zero-order valence-electron chi connectivity index (χ0n) is 37.3. The van der Waals surface area contributed by atoms with Gasteiger partial charge in [-0.15, -0.1) is 0 Å². The van der Waals surface area contributed by atoms with Crippen molar-refractivity contribution in [3.05, 3.63) is 200 Å².